The van der Waals surface area contributed by atoms with E-state index < -0.39 is 0 Å². The van der Waals surface area contributed by atoms with E-state index >= 15 is 0 Å². The van der Waals surface area contributed by atoms with Gasteiger partial charge in [-0.05, 0) is 31.1 Å². The van der Waals surface area contributed by atoms with E-state index in [0.29, 0.717) is 17.3 Å². The summed E-state index contributed by atoms with van der Waals surface area (Å²) in [7, 11) is 2.10. The third-order valence-corrected chi connectivity index (χ3v) is 4.02. The average molecular weight is 249 g/mol. The predicted molar refractivity (Wildman–Crippen MR) is 74.3 cm³/mol. The van der Waals surface area contributed by atoms with Crippen LogP contribution in [-0.4, -0.2) is 23.1 Å². The van der Waals surface area contributed by atoms with Gasteiger partial charge < -0.3 is 10.3 Å². The molecule has 1 aliphatic carbocycles. The Morgan fingerprint density at radius 3 is 2.61 bits per heavy atom. The quantitative estimate of drug-likeness (QED) is 0.635. The molecule has 0 saturated heterocycles. The molecule has 1 heterocycles. The summed E-state index contributed by atoms with van der Waals surface area (Å²) in [6.07, 6.45) is 6.54. The van der Waals surface area contributed by atoms with E-state index in [4.69, 9.17) is 5.84 Å². The first-order valence-electron chi connectivity index (χ1n) is 6.53. The van der Waals surface area contributed by atoms with E-state index in [1.807, 2.05) is 6.07 Å². The van der Waals surface area contributed by atoms with Gasteiger partial charge >= 0.3 is 0 Å². The molecule has 3 N–H and O–H groups in total. The molecule has 2 rings (SSSR count). The van der Waals surface area contributed by atoms with Crippen molar-refractivity contribution in [3.05, 3.63) is 12.4 Å². The molecule has 0 radical (unpaired) electrons. The standard InChI is InChI=1S/C13H23N5/c1-13(2)6-4-10(5-7-13)18(3)12-8-11(17-14)15-9-16-12/h8-10H,4-7,14H2,1-3H3,(H,15,16,17). The fraction of sp³-hybridized carbons (Fsp3) is 0.692. The molecule has 5 nitrogen and oxygen atoms in total. The SMILES string of the molecule is CN(c1cc(NN)ncn1)C1CCC(C)(C)CC1. The number of anilines is 2. The molecule has 18 heavy (non-hydrogen) atoms. The Kier molecular flexibility index (Phi) is 3.71. The molecule has 0 amide bonds. The van der Waals surface area contributed by atoms with Crippen molar-refractivity contribution in [1.29, 1.82) is 0 Å². The summed E-state index contributed by atoms with van der Waals surface area (Å²) >= 11 is 0. The Morgan fingerprint density at radius 2 is 2.00 bits per heavy atom. The van der Waals surface area contributed by atoms with Gasteiger partial charge in [-0.2, -0.15) is 0 Å². The summed E-state index contributed by atoms with van der Waals surface area (Å²) in [5.74, 6) is 6.96. The Labute approximate surface area is 109 Å². The number of rotatable bonds is 3. The molecule has 1 aliphatic rings. The molecule has 0 unspecified atom stereocenters. The molecule has 1 aromatic rings. The normalized spacial score (nSPS) is 19.6. The average Bonchev–Trinajstić information content (AvgIpc) is 2.38. The largest absolute Gasteiger partial charge is 0.357 e. The highest BCUT2D eigenvalue weighted by Crippen LogP contribution is 2.37. The lowest BCUT2D eigenvalue weighted by molar-refractivity contribution is 0.222. The molecular formula is C13H23N5. The summed E-state index contributed by atoms with van der Waals surface area (Å²) in [5.41, 5.74) is 3.05. The highest BCUT2D eigenvalue weighted by atomic mass is 15.3. The summed E-state index contributed by atoms with van der Waals surface area (Å²) in [5, 5.41) is 0. The monoisotopic (exact) mass is 249 g/mol. The second-order valence-electron chi connectivity index (χ2n) is 5.91. The molecule has 1 aromatic heterocycles. The third kappa shape index (κ3) is 2.90. The fourth-order valence-electron chi connectivity index (χ4n) is 2.58. The van der Waals surface area contributed by atoms with Gasteiger partial charge in [-0.3, -0.25) is 0 Å². The Balaban J connectivity index is 2.05. The van der Waals surface area contributed by atoms with Crippen LogP contribution in [0.2, 0.25) is 0 Å². The molecule has 1 fully saturated rings. The molecule has 0 bridgehead atoms. The number of hydrogen-bond acceptors (Lipinski definition) is 5. The van der Waals surface area contributed by atoms with Crippen LogP contribution in [0.15, 0.2) is 12.4 Å². The third-order valence-electron chi connectivity index (χ3n) is 4.02. The molecule has 100 valence electrons. The number of hydrogen-bond donors (Lipinski definition) is 2. The van der Waals surface area contributed by atoms with Gasteiger partial charge in [0.2, 0.25) is 0 Å². The van der Waals surface area contributed by atoms with Crippen molar-refractivity contribution in [1.82, 2.24) is 9.97 Å². The zero-order chi connectivity index (χ0) is 13.2. The minimum absolute atomic E-state index is 0.493. The first kappa shape index (κ1) is 13.1. The summed E-state index contributed by atoms with van der Waals surface area (Å²) < 4.78 is 0. The second kappa shape index (κ2) is 5.10. The Hall–Kier alpha value is -1.36. The Morgan fingerprint density at radius 1 is 1.33 bits per heavy atom. The molecule has 1 saturated carbocycles. The molecular weight excluding hydrogens is 226 g/mol. The van der Waals surface area contributed by atoms with Gasteiger partial charge in [-0.25, -0.2) is 15.8 Å². The molecule has 0 spiro atoms. The van der Waals surface area contributed by atoms with Crippen molar-refractivity contribution in [2.24, 2.45) is 11.3 Å². The van der Waals surface area contributed by atoms with E-state index in [0.717, 1.165) is 5.82 Å². The topological polar surface area (TPSA) is 67.1 Å². The fourth-order valence-corrected chi connectivity index (χ4v) is 2.58. The van der Waals surface area contributed by atoms with E-state index in [1.54, 1.807) is 6.33 Å². The van der Waals surface area contributed by atoms with Crippen molar-refractivity contribution in [3.63, 3.8) is 0 Å². The maximum absolute atomic E-state index is 5.37. The number of aromatic nitrogens is 2. The van der Waals surface area contributed by atoms with Crippen LogP contribution < -0.4 is 16.2 Å². The smallest absolute Gasteiger partial charge is 0.145 e. The van der Waals surface area contributed by atoms with Crippen LogP contribution in [-0.2, 0) is 0 Å². The second-order valence-corrected chi connectivity index (χ2v) is 5.91. The highest BCUT2D eigenvalue weighted by Gasteiger charge is 2.29. The van der Waals surface area contributed by atoms with Crippen molar-refractivity contribution < 1.29 is 0 Å². The lowest BCUT2D eigenvalue weighted by atomic mass is 9.75. The zero-order valence-corrected chi connectivity index (χ0v) is 11.5. The molecule has 5 heteroatoms. The van der Waals surface area contributed by atoms with Gasteiger partial charge in [-0.15, -0.1) is 0 Å². The number of nitrogens with one attached hydrogen (secondary N) is 1. The zero-order valence-electron chi connectivity index (χ0n) is 11.5. The van der Waals surface area contributed by atoms with E-state index in [1.165, 1.54) is 25.7 Å². The van der Waals surface area contributed by atoms with Crippen LogP contribution in [0.1, 0.15) is 39.5 Å². The molecule has 0 atom stereocenters. The predicted octanol–water partition coefficient (Wildman–Crippen LogP) is 2.17. The van der Waals surface area contributed by atoms with Crippen LogP contribution in [0, 0.1) is 5.41 Å². The first-order valence-corrected chi connectivity index (χ1v) is 6.53. The van der Waals surface area contributed by atoms with E-state index in [-0.39, 0.29) is 0 Å². The van der Waals surface area contributed by atoms with Gasteiger partial charge in [0, 0.05) is 19.2 Å². The van der Waals surface area contributed by atoms with E-state index in [9.17, 15) is 0 Å². The van der Waals surface area contributed by atoms with Gasteiger partial charge in [0.1, 0.15) is 18.0 Å². The maximum atomic E-state index is 5.37. The van der Waals surface area contributed by atoms with E-state index in [2.05, 4.69) is 41.2 Å². The van der Waals surface area contributed by atoms with Crippen molar-refractivity contribution >= 4 is 11.6 Å². The summed E-state index contributed by atoms with van der Waals surface area (Å²) in [4.78, 5) is 10.6. The highest BCUT2D eigenvalue weighted by molar-refractivity contribution is 5.47. The van der Waals surface area contributed by atoms with Gasteiger partial charge in [-0.1, -0.05) is 13.8 Å². The minimum atomic E-state index is 0.493. The summed E-state index contributed by atoms with van der Waals surface area (Å²) in [6.45, 7) is 4.70. The lowest BCUT2D eigenvalue weighted by Gasteiger charge is -2.39. The number of nitrogens with two attached hydrogens (primary N) is 1. The molecule has 0 aliphatic heterocycles. The van der Waals surface area contributed by atoms with Crippen molar-refractivity contribution in [2.75, 3.05) is 17.4 Å². The van der Waals surface area contributed by atoms with Crippen LogP contribution in [0.4, 0.5) is 11.6 Å². The first-order chi connectivity index (χ1) is 8.52. The number of hydrazine groups is 1. The van der Waals surface area contributed by atoms with Crippen molar-refractivity contribution in [2.45, 2.75) is 45.6 Å². The Bertz CT molecular complexity index is 394. The molecule has 0 aromatic carbocycles. The maximum Gasteiger partial charge on any atom is 0.145 e. The van der Waals surface area contributed by atoms with Gasteiger partial charge in [0.15, 0.2) is 0 Å². The van der Waals surface area contributed by atoms with Crippen LogP contribution in [0.3, 0.4) is 0 Å². The van der Waals surface area contributed by atoms with Gasteiger partial charge in [0.05, 0.1) is 0 Å². The summed E-state index contributed by atoms with van der Waals surface area (Å²) in [6, 6.07) is 2.46. The van der Waals surface area contributed by atoms with Crippen LogP contribution in [0.25, 0.3) is 0 Å². The van der Waals surface area contributed by atoms with Crippen molar-refractivity contribution in [3.8, 4) is 0 Å². The lowest BCUT2D eigenvalue weighted by Crippen LogP contribution is -2.37. The van der Waals surface area contributed by atoms with Crippen LogP contribution >= 0.6 is 0 Å². The minimum Gasteiger partial charge on any atom is -0.357 e. The number of nitrogen functional groups attached to an aromatic ring is 1. The van der Waals surface area contributed by atoms with Gasteiger partial charge in [0.25, 0.3) is 0 Å². The van der Waals surface area contributed by atoms with Crippen LogP contribution in [0.5, 0.6) is 0 Å². The number of nitrogens with zero attached hydrogens (tertiary/aromatic N) is 3.